The highest BCUT2D eigenvalue weighted by atomic mass is 16.5. The summed E-state index contributed by atoms with van der Waals surface area (Å²) in [6.07, 6.45) is 8.77. The second-order valence-corrected chi connectivity index (χ2v) is 7.86. The topological polar surface area (TPSA) is 105 Å². The Morgan fingerprint density at radius 2 is 1.94 bits per heavy atom. The Kier molecular flexibility index (Phi) is 6.77. The lowest BCUT2D eigenvalue weighted by Crippen LogP contribution is -2.32. The highest BCUT2D eigenvalue weighted by Crippen LogP contribution is 2.40. The summed E-state index contributed by atoms with van der Waals surface area (Å²) in [6, 6.07) is 13.1. The number of allylic oxidation sites excluding steroid dienone is 1. The number of rotatable bonds is 9. The molecule has 0 saturated carbocycles. The Hall–Kier alpha value is -4.33. The maximum Gasteiger partial charge on any atom is 0.290 e. The minimum absolute atomic E-state index is 0.00689. The number of aryl methyl sites for hydroxylation is 1. The number of aromatic hydroxyl groups is 1. The van der Waals surface area contributed by atoms with Crippen molar-refractivity contribution in [2.45, 2.75) is 19.0 Å². The predicted octanol–water partition coefficient (Wildman–Crippen LogP) is 3.67. The Balaban J connectivity index is 1.66. The summed E-state index contributed by atoms with van der Waals surface area (Å²) in [7, 11) is 1.42. The van der Waals surface area contributed by atoms with Crippen molar-refractivity contribution >= 4 is 17.8 Å². The van der Waals surface area contributed by atoms with Gasteiger partial charge < -0.3 is 24.4 Å². The van der Waals surface area contributed by atoms with Gasteiger partial charge in [-0.15, -0.1) is 0 Å². The van der Waals surface area contributed by atoms with E-state index in [2.05, 4.69) is 4.98 Å². The molecule has 1 amide bonds. The Bertz CT molecular complexity index is 1230. The molecular weight excluding hydrogens is 434 g/mol. The van der Waals surface area contributed by atoms with E-state index in [1.165, 1.54) is 24.2 Å². The van der Waals surface area contributed by atoms with Gasteiger partial charge in [0.2, 0.25) is 0 Å². The highest BCUT2D eigenvalue weighted by Gasteiger charge is 2.42. The van der Waals surface area contributed by atoms with Crippen LogP contribution in [-0.4, -0.2) is 50.0 Å². The molecule has 0 radical (unpaired) electrons. The van der Waals surface area contributed by atoms with Crippen molar-refractivity contribution in [3.8, 4) is 11.5 Å². The highest BCUT2D eigenvalue weighted by molar-refractivity contribution is 6.14. The number of nitrogens with zero attached hydrogens (tertiary/aromatic N) is 3. The molecule has 0 saturated heterocycles. The van der Waals surface area contributed by atoms with Crippen LogP contribution in [0.2, 0.25) is 0 Å². The molecule has 1 atom stereocenters. The maximum absolute atomic E-state index is 13.2. The molecule has 3 aromatic rings. The first-order valence-electron chi connectivity index (χ1n) is 10.8. The zero-order valence-electron chi connectivity index (χ0n) is 18.7. The van der Waals surface area contributed by atoms with Gasteiger partial charge in [-0.1, -0.05) is 42.5 Å². The van der Waals surface area contributed by atoms with Crippen molar-refractivity contribution in [3.05, 3.63) is 95.8 Å². The number of methoxy groups -OCH3 is 1. The van der Waals surface area contributed by atoms with Crippen LogP contribution in [0.4, 0.5) is 0 Å². The standard InChI is InChI=1S/C26H25N3O5/c1-34-22-16-19(9-11-20(22)30)24-23(21(31)10-8-18-6-3-2-4-7-18)25(32)26(33)29(24)14-5-13-28-15-12-27-17-28/h2-4,6-12,15-17,24,30,32H,5,13-14H2,1H3/b10-8+. The van der Waals surface area contributed by atoms with Crippen LogP contribution in [0.25, 0.3) is 6.08 Å². The average molecular weight is 460 g/mol. The molecule has 0 aliphatic carbocycles. The molecule has 0 fully saturated rings. The molecule has 0 spiro atoms. The van der Waals surface area contributed by atoms with Crippen molar-refractivity contribution in [3.63, 3.8) is 0 Å². The Labute approximate surface area is 197 Å². The van der Waals surface area contributed by atoms with E-state index >= 15 is 0 Å². The van der Waals surface area contributed by atoms with Crippen LogP contribution in [0, 0.1) is 0 Å². The van der Waals surface area contributed by atoms with Crippen LogP contribution in [0.1, 0.15) is 23.6 Å². The summed E-state index contributed by atoms with van der Waals surface area (Å²) >= 11 is 0. The molecule has 8 heteroatoms. The Morgan fingerprint density at radius 1 is 1.15 bits per heavy atom. The van der Waals surface area contributed by atoms with Crippen LogP contribution in [0.5, 0.6) is 11.5 Å². The number of phenolic OH excluding ortho intramolecular Hbond substituents is 1. The van der Waals surface area contributed by atoms with Gasteiger partial charge in [0.25, 0.3) is 5.91 Å². The van der Waals surface area contributed by atoms with Gasteiger partial charge in [0.15, 0.2) is 23.0 Å². The van der Waals surface area contributed by atoms with E-state index in [1.807, 2.05) is 41.1 Å². The van der Waals surface area contributed by atoms with E-state index in [0.29, 0.717) is 25.1 Å². The van der Waals surface area contributed by atoms with Gasteiger partial charge in [-0.3, -0.25) is 9.59 Å². The largest absolute Gasteiger partial charge is 0.504 e. The van der Waals surface area contributed by atoms with Crippen LogP contribution in [-0.2, 0) is 16.1 Å². The summed E-state index contributed by atoms with van der Waals surface area (Å²) < 4.78 is 7.11. The third-order valence-electron chi connectivity index (χ3n) is 5.69. The lowest BCUT2D eigenvalue weighted by atomic mass is 9.95. The van der Waals surface area contributed by atoms with Crippen molar-refractivity contribution < 1.29 is 24.5 Å². The molecule has 34 heavy (non-hydrogen) atoms. The molecule has 174 valence electrons. The monoisotopic (exact) mass is 459 g/mol. The van der Waals surface area contributed by atoms with Gasteiger partial charge in [0.1, 0.15) is 0 Å². The van der Waals surface area contributed by atoms with Crippen molar-refractivity contribution in [1.82, 2.24) is 14.5 Å². The van der Waals surface area contributed by atoms with E-state index < -0.39 is 23.5 Å². The average Bonchev–Trinajstić information content (AvgIpc) is 3.46. The number of hydrogen-bond acceptors (Lipinski definition) is 6. The summed E-state index contributed by atoms with van der Waals surface area (Å²) in [5, 5.41) is 20.8. The number of phenols is 1. The fraction of sp³-hybridized carbons (Fsp3) is 0.192. The molecule has 1 aliphatic rings. The van der Waals surface area contributed by atoms with Crippen LogP contribution < -0.4 is 4.74 Å². The molecule has 1 aliphatic heterocycles. The normalized spacial score (nSPS) is 16.0. The lowest BCUT2D eigenvalue weighted by molar-refractivity contribution is -0.129. The fourth-order valence-corrected chi connectivity index (χ4v) is 4.02. The smallest absolute Gasteiger partial charge is 0.290 e. The maximum atomic E-state index is 13.2. The van der Waals surface area contributed by atoms with Crippen LogP contribution in [0.15, 0.2) is 84.7 Å². The molecule has 4 rings (SSSR count). The fourth-order valence-electron chi connectivity index (χ4n) is 4.02. The number of carbonyl (C=O) groups is 2. The van der Waals surface area contributed by atoms with Gasteiger partial charge in [-0.25, -0.2) is 4.98 Å². The number of aromatic nitrogens is 2. The quantitative estimate of drug-likeness (QED) is 0.473. The van der Waals surface area contributed by atoms with Gasteiger partial charge >= 0.3 is 0 Å². The molecule has 2 N–H and O–H groups in total. The molecule has 2 heterocycles. The first-order chi connectivity index (χ1) is 16.5. The van der Waals surface area contributed by atoms with Gasteiger partial charge in [-0.2, -0.15) is 0 Å². The minimum atomic E-state index is -0.822. The minimum Gasteiger partial charge on any atom is -0.504 e. The summed E-state index contributed by atoms with van der Waals surface area (Å²) in [4.78, 5) is 31.7. The zero-order chi connectivity index (χ0) is 24.1. The summed E-state index contributed by atoms with van der Waals surface area (Å²) in [5.74, 6) is -1.50. The molecule has 2 aromatic carbocycles. The predicted molar refractivity (Wildman–Crippen MR) is 126 cm³/mol. The number of aliphatic hydroxyl groups excluding tert-OH is 1. The summed E-state index contributed by atoms with van der Waals surface area (Å²) in [5.41, 5.74) is 1.36. The molecule has 0 bridgehead atoms. The first-order valence-corrected chi connectivity index (χ1v) is 10.8. The molecule has 1 unspecified atom stereocenters. The number of carbonyl (C=O) groups excluding carboxylic acids is 2. The number of hydrogen-bond donors (Lipinski definition) is 2. The van der Waals surface area contributed by atoms with E-state index in [9.17, 15) is 19.8 Å². The third-order valence-corrected chi connectivity index (χ3v) is 5.69. The van der Waals surface area contributed by atoms with Crippen LogP contribution in [0.3, 0.4) is 0 Å². The second-order valence-electron chi connectivity index (χ2n) is 7.86. The summed E-state index contributed by atoms with van der Waals surface area (Å²) in [6.45, 7) is 0.918. The Morgan fingerprint density at radius 3 is 2.65 bits per heavy atom. The van der Waals surface area contributed by atoms with Crippen LogP contribution >= 0.6 is 0 Å². The van der Waals surface area contributed by atoms with E-state index in [0.717, 1.165) is 5.56 Å². The zero-order valence-corrected chi connectivity index (χ0v) is 18.7. The number of ether oxygens (including phenoxy) is 1. The SMILES string of the molecule is COc1cc(C2C(C(=O)/C=C/c3ccccc3)=C(O)C(=O)N2CCCn2ccnc2)ccc1O. The van der Waals surface area contributed by atoms with Gasteiger partial charge in [-0.05, 0) is 35.8 Å². The van der Waals surface area contributed by atoms with E-state index in [-0.39, 0.29) is 17.1 Å². The number of ketones is 1. The van der Waals surface area contributed by atoms with E-state index in [1.54, 1.807) is 30.7 Å². The van der Waals surface area contributed by atoms with Gasteiger partial charge in [0.05, 0.1) is 25.1 Å². The number of imidazole rings is 1. The van der Waals surface area contributed by atoms with Crippen molar-refractivity contribution in [2.75, 3.05) is 13.7 Å². The number of aliphatic hydroxyl groups is 1. The van der Waals surface area contributed by atoms with E-state index in [4.69, 9.17) is 4.74 Å². The van der Waals surface area contributed by atoms with Crippen molar-refractivity contribution in [1.29, 1.82) is 0 Å². The second kappa shape index (κ2) is 10.1. The molecular formula is C26H25N3O5. The lowest BCUT2D eigenvalue weighted by Gasteiger charge is -2.27. The number of amides is 1. The number of benzene rings is 2. The first kappa shape index (κ1) is 22.8. The third kappa shape index (κ3) is 4.71. The molecule has 8 nitrogen and oxygen atoms in total. The van der Waals surface area contributed by atoms with Gasteiger partial charge in [0, 0.05) is 25.5 Å². The molecule has 1 aromatic heterocycles. The van der Waals surface area contributed by atoms with Crippen molar-refractivity contribution in [2.24, 2.45) is 0 Å².